The maximum atomic E-state index is 11.7. The molecule has 0 fully saturated rings. The molecule has 0 spiro atoms. The van der Waals surface area contributed by atoms with Crippen molar-refractivity contribution in [2.24, 2.45) is 0 Å². The van der Waals surface area contributed by atoms with Gasteiger partial charge in [0, 0.05) is 11.3 Å². The third kappa shape index (κ3) is 4.04. The SMILES string of the molecule is CC(=O)c1ccc(NC(=O)CSc2nnc(N)s2)cc1. The number of anilines is 2. The highest BCUT2D eigenvalue weighted by atomic mass is 32.2. The summed E-state index contributed by atoms with van der Waals surface area (Å²) in [6, 6.07) is 6.75. The third-order valence-electron chi connectivity index (χ3n) is 2.32. The fourth-order valence-corrected chi connectivity index (χ4v) is 2.83. The van der Waals surface area contributed by atoms with E-state index in [4.69, 9.17) is 5.73 Å². The lowest BCUT2D eigenvalue weighted by Crippen LogP contribution is -2.14. The average molecular weight is 308 g/mol. The number of amides is 1. The number of Topliss-reactive ketones (excluding diaryl/α,β-unsaturated/α-hetero) is 1. The van der Waals surface area contributed by atoms with Gasteiger partial charge < -0.3 is 11.1 Å². The number of hydrogen-bond donors (Lipinski definition) is 2. The fraction of sp³-hybridized carbons (Fsp3) is 0.167. The summed E-state index contributed by atoms with van der Waals surface area (Å²) in [7, 11) is 0. The molecule has 1 heterocycles. The zero-order chi connectivity index (χ0) is 14.5. The number of nitrogens with zero attached hydrogens (tertiary/aromatic N) is 2. The Morgan fingerprint density at radius 1 is 1.30 bits per heavy atom. The lowest BCUT2D eigenvalue weighted by atomic mass is 10.1. The van der Waals surface area contributed by atoms with Crippen LogP contribution in [0.1, 0.15) is 17.3 Å². The van der Waals surface area contributed by atoms with Crippen molar-refractivity contribution in [2.75, 3.05) is 16.8 Å². The van der Waals surface area contributed by atoms with E-state index in [0.29, 0.717) is 20.7 Å². The molecular formula is C12H12N4O2S2. The zero-order valence-electron chi connectivity index (χ0n) is 10.6. The number of carbonyl (C=O) groups excluding carboxylic acids is 2. The Morgan fingerprint density at radius 3 is 2.55 bits per heavy atom. The highest BCUT2D eigenvalue weighted by Gasteiger charge is 2.07. The molecule has 0 aliphatic rings. The first-order valence-corrected chi connectivity index (χ1v) is 7.47. The van der Waals surface area contributed by atoms with Crippen LogP contribution in [-0.4, -0.2) is 27.6 Å². The fourth-order valence-electron chi connectivity index (χ4n) is 1.39. The molecule has 1 amide bonds. The Kier molecular flexibility index (Phi) is 4.70. The monoisotopic (exact) mass is 308 g/mol. The molecule has 0 unspecified atom stereocenters. The molecule has 0 atom stereocenters. The standard InChI is InChI=1S/C12H12N4O2S2/c1-7(17)8-2-4-9(5-3-8)14-10(18)6-19-12-16-15-11(13)20-12/h2-5H,6H2,1H3,(H2,13,15)(H,14,18). The number of hydrogen-bond acceptors (Lipinski definition) is 7. The number of benzene rings is 1. The highest BCUT2D eigenvalue weighted by molar-refractivity contribution is 8.01. The first-order chi connectivity index (χ1) is 9.54. The van der Waals surface area contributed by atoms with Crippen molar-refractivity contribution in [3.63, 3.8) is 0 Å². The number of nitrogens with one attached hydrogen (secondary N) is 1. The molecule has 2 rings (SSSR count). The van der Waals surface area contributed by atoms with Gasteiger partial charge in [-0.05, 0) is 31.2 Å². The van der Waals surface area contributed by atoms with Gasteiger partial charge >= 0.3 is 0 Å². The summed E-state index contributed by atoms with van der Waals surface area (Å²) in [5.74, 6) is 0.0648. The van der Waals surface area contributed by atoms with Crippen LogP contribution >= 0.6 is 23.1 Å². The van der Waals surface area contributed by atoms with Gasteiger partial charge in [-0.2, -0.15) is 0 Å². The highest BCUT2D eigenvalue weighted by Crippen LogP contribution is 2.23. The van der Waals surface area contributed by atoms with E-state index >= 15 is 0 Å². The van der Waals surface area contributed by atoms with Crippen LogP contribution in [0.4, 0.5) is 10.8 Å². The molecule has 8 heteroatoms. The van der Waals surface area contributed by atoms with Crippen LogP contribution in [0, 0.1) is 0 Å². The van der Waals surface area contributed by atoms with E-state index in [1.807, 2.05) is 0 Å². The number of carbonyl (C=O) groups is 2. The van der Waals surface area contributed by atoms with Gasteiger partial charge in [-0.1, -0.05) is 23.1 Å². The molecule has 1 aromatic heterocycles. The average Bonchev–Trinajstić information content (AvgIpc) is 2.83. The molecular weight excluding hydrogens is 296 g/mol. The molecule has 6 nitrogen and oxygen atoms in total. The molecule has 0 aliphatic heterocycles. The van der Waals surface area contributed by atoms with Gasteiger partial charge in [-0.15, -0.1) is 10.2 Å². The lowest BCUT2D eigenvalue weighted by molar-refractivity contribution is -0.113. The van der Waals surface area contributed by atoms with Gasteiger partial charge in [0.25, 0.3) is 0 Å². The molecule has 0 radical (unpaired) electrons. The van der Waals surface area contributed by atoms with Crippen LogP contribution < -0.4 is 11.1 Å². The molecule has 1 aromatic carbocycles. The van der Waals surface area contributed by atoms with E-state index in [1.165, 1.54) is 30.0 Å². The summed E-state index contributed by atoms with van der Waals surface area (Å²) in [4.78, 5) is 22.9. The Balaban J connectivity index is 1.86. The van der Waals surface area contributed by atoms with Crippen LogP contribution in [0.25, 0.3) is 0 Å². The summed E-state index contributed by atoms with van der Waals surface area (Å²) in [5.41, 5.74) is 6.71. The van der Waals surface area contributed by atoms with Gasteiger partial charge in [0.2, 0.25) is 11.0 Å². The number of nitrogen functional groups attached to an aromatic ring is 1. The van der Waals surface area contributed by atoms with Gasteiger partial charge in [0.15, 0.2) is 10.1 Å². The van der Waals surface area contributed by atoms with Crippen molar-refractivity contribution in [2.45, 2.75) is 11.3 Å². The second kappa shape index (κ2) is 6.49. The molecule has 0 bridgehead atoms. The maximum Gasteiger partial charge on any atom is 0.234 e. The Labute approximate surface area is 123 Å². The number of rotatable bonds is 5. The van der Waals surface area contributed by atoms with Gasteiger partial charge in [-0.25, -0.2) is 0 Å². The lowest BCUT2D eigenvalue weighted by Gasteiger charge is -2.04. The molecule has 20 heavy (non-hydrogen) atoms. The molecule has 3 N–H and O–H groups in total. The summed E-state index contributed by atoms with van der Waals surface area (Å²) in [5, 5.41) is 10.6. The summed E-state index contributed by atoms with van der Waals surface area (Å²) in [6.45, 7) is 1.50. The van der Waals surface area contributed by atoms with Crippen molar-refractivity contribution < 1.29 is 9.59 Å². The Morgan fingerprint density at radius 2 is 2.00 bits per heavy atom. The van der Waals surface area contributed by atoms with Crippen molar-refractivity contribution in [1.82, 2.24) is 10.2 Å². The molecule has 0 saturated carbocycles. The van der Waals surface area contributed by atoms with E-state index in [1.54, 1.807) is 24.3 Å². The Bertz CT molecular complexity index is 625. The third-order valence-corrected chi connectivity index (χ3v) is 4.21. The van der Waals surface area contributed by atoms with Crippen molar-refractivity contribution >= 4 is 45.6 Å². The van der Waals surface area contributed by atoms with E-state index in [2.05, 4.69) is 15.5 Å². The summed E-state index contributed by atoms with van der Waals surface area (Å²) >= 11 is 2.52. The number of thioether (sulfide) groups is 1. The van der Waals surface area contributed by atoms with Crippen molar-refractivity contribution in [3.8, 4) is 0 Å². The van der Waals surface area contributed by atoms with Gasteiger partial charge in [-0.3, -0.25) is 9.59 Å². The normalized spacial score (nSPS) is 10.2. The van der Waals surface area contributed by atoms with E-state index < -0.39 is 0 Å². The first-order valence-electron chi connectivity index (χ1n) is 5.67. The van der Waals surface area contributed by atoms with Gasteiger partial charge in [0.1, 0.15) is 0 Å². The predicted molar refractivity (Wildman–Crippen MR) is 80.1 cm³/mol. The minimum absolute atomic E-state index is 0.00714. The predicted octanol–water partition coefficient (Wildman–Crippen LogP) is 2.05. The zero-order valence-corrected chi connectivity index (χ0v) is 12.3. The van der Waals surface area contributed by atoms with Crippen LogP contribution in [-0.2, 0) is 4.79 Å². The summed E-state index contributed by atoms with van der Waals surface area (Å²) in [6.07, 6.45) is 0. The minimum atomic E-state index is -0.153. The quantitative estimate of drug-likeness (QED) is 0.648. The van der Waals surface area contributed by atoms with Crippen molar-refractivity contribution in [1.29, 1.82) is 0 Å². The largest absolute Gasteiger partial charge is 0.374 e. The van der Waals surface area contributed by atoms with Crippen LogP contribution in [0.5, 0.6) is 0 Å². The van der Waals surface area contributed by atoms with E-state index in [9.17, 15) is 9.59 Å². The van der Waals surface area contributed by atoms with Crippen LogP contribution in [0.15, 0.2) is 28.6 Å². The molecule has 0 saturated heterocycles. The second-order valence-electron chi connectivity index (χ2n) is 3.88. The molecule has 104 valence electrons. The second-order valence-corrected chi connectivity index (χ2v) is 6.11. The molecule has 2 aromatic rings. The van der Waals surface area contributed by atoms with E-state index in [0.717, 1.165) is 0 Å². The van der Waals surface area contributed by atoms with Crippen LogP contribution in [0.2, 0.25) is 0 Å². The molecule has 0 aliphatic carbocycles. The number of aromatic nitrogens is 2. The minimum Gasteiger partial charge on any atom is -0.374 e. The number of ketones is 1. The van der Waals surface area contributed by atoms with Crippen LogP contribution in [0.3, 0.4) is 0 Å². The summed E-state index contributed by atoms with van der Waals surface area (Å²) < 4.78 is 0.657. The van der Waals surface area contributed by atoms with Crippen molar-refractivity contribution in [3.05, 3.63) is 29.8 Å². The number of nitrogens with two attached hydrogens (primary N) is 1. The smallest absolute Gasteiger partial charge is 0.234 e. The Hall–Kier alpha value is -1.93. The topological polar surface area (TPSA) is 98.0 Å². The first kappa shape index (κ1) is 14.5. The van der Waals surface area contributed by atoms with Gasteiger partial charge in [0.05, 0.1) is 5.75 Å². The van der Waals surface area contributed by atoms with E-state index in [-0.39, 0.29) is 17.4 Å². The maximum absolute atomic E-state index is 11.7.